The first-order chi connectivity index (χ1) is 16.8. The van der Waals surface area contributed by atoms with Gasteiger partial charge in [-0.25, -0.2) is 19.2 Å². The van der Waals surface area contributed by atoms with Crippen LogP contribution in [-0.2, 0) is 12.4 Å². The van der Waals surface area contributed by atoms with Gasteiger partial charge in [0.15, 0.2) is 5.82 Å². The zero-order chi connectivity index (χ0) is 26.3. The van der Waals surface area contributed by atoms with E-state index in [1.165, 1.54) is 24.3 Å². The van der Waals surface area contributed by atoms with E-state index in [0.717, 1.165) is 30.5 Å². The van der Waals surface area contributed by atoms with E-state index in [9.17, 15) is 40.6 Å². The smallest absolute Gasteiger partial charge is 0.433 e. The van der Waals surface area contributed by atoms with Crippen LogP contribution < -0.4 is 0 Å². The molecule has 5 nitrogen and oxygen atoms in total. The van der Waals surface area contributed by atoms with E-state index in [-0.39, 0.29) is 33.5 Å². The van der Waals surface area contributed by atoms with Crippen molar-refractivity contribution in [2.45, 2.75) is 12.4 Å². The first kappa shape index (κ1) is 24.8. The average Bonchev–Trinajstić information content (AvgIpc) is 2.83. The fraction of sp³-hybridized carbons (Fsp3) is 0.0833. The number of hydrogen-bond acceptors (Lipinski definition) is 4. The number of hydrogen-bond donors (Lipinski definition) is 1. The highest BCUT2D eigenvalue weighted by atomic mass is 19.4. The molecule has 184 valence electrons. The Bertz CT molecular complexity index is 1450. The van der Waals surface area contributed by atoms with Crippen LogP contribution in [0.1, 0.15) is 21.7 Å². The summed E-state index contributed by atoms with van der Waals surface area (Å²) in [7, 11) is 0. The van der Waals surface area contributed by atoms with E-state index >= 15 is 0 Å². The largest absolute Gasteiger partial charge is 0.478 e. The summed E-state index contributed by atoms with van der Waals surface area (Å²) in [6.07, 6.45) is -8.90. The van der Waals surface area contributed by atoms with Crippen molar-refractivity contribution >= 4 is 5.97 Å². The molecule has 1 N–H and O–H groups in total. The topological polar surface area (TPSA) is 76.0 Å². The molecule has 2 heterocycles. The molecule has 0 radical (unpaired) electrons. The maximum atomic E-state index is 14.4. The quantitative estimate of drug-likeness (QED) is 0.310. The van der Waals surface area contributed by atoms with E-state index in [0.29, 0.717) is 12.1 Å². The lowest BCUT2D eigenvalue weighted by Crippen LogP contribution is -2.11. The van der Waals surface area contributed by atoms with Crippen molar-refractivity contribution in [1.29, 1.82) is 0 Å². The summed E-state index contributed by atoms with van der Waals surface area (Å²) >= 11 is 0. The van der Waals surface area contributed by atoms with Crippen LogP contribution in [0.5, 0.6) is 0 Å². The van der Waals surface area contributed by atoms with Gasteiger partial charge in [-0.3, -0.25) is 4.98 Å². The lowest BCUT2D eigenvalue weighted by Gasteiger charge is -2.12. The second kappa shape index (κ2) is 9.02. The Kier molecular flexibility index (Phi) is 6.21. The minimum absolute atomic E-state index is 0.0276. The molecule has 12 heteroatoms. The van der Waals surface area contributed by atoms with Crippen molar-refractivity contribution < 1.29 is 40.6 Å². The Labute approximate surface area is 197 Å². The molecule has 4 rings (SSSR count). The van der Waals surface area contributed by atoms with Gasteiger partial charge in [0.2, 0.25) is 0 Å². The first-order valence-corrected chi connectivity index (χ1v) is 9.96. The minimum atomic E-state index is -4.91. The minimum Gasteiger partial charge on any atom is -0.478 e. The van der Waals surface area contributed by atoms with Crippen LogP contribution in [0.15, 0.2) is 66.9 Å². The molecule has 0 aliphatic rings. The summed E-state index contributed by atoms with van der Waals surface area (Å²) in [5, 5.41) is 9.17. The van der Waals surface area contributed by atoms with Crippen LogP contribution in [-0.4, -0.2) is 26.0 Å². The summed E-state index contributed by atoms with van der Waals surface area (Å²) in [6, 6.07) is 10.6. The van der Waals surface area contributed by atoms with E-state index in [4.69, 9.17) is 0 Å². The fourth-order valence-corrected chi connectivity index (χ4v) is 3.29. The van der Waals surface area contributed by atoms with Gasteiger partial charge >= 0.3 is 18.3 Å². The highest BCUT2D eigenvalue weighted by Crippen LogP contribution is 2.34. The van der Waals surface area contributed by atoms with Crippen molar-refractivity contribution in [3.8, 4) is 33.8 Å². The van der Waals surface area contributed by atoms with Crippen LogP contribution in [0, 0.1) is 5.82 Å². The normalized spacial score (nSPS) is 12.0. The van der Waals surface area contributed by atoms with Crippen LogP contribution in [0.2, 0.25) is 0 Å². The summed E-state index contributed by atoms with van der Waals surface area (Å²) in [5.41, 5.74) is -3.18. The molecule has 2 aromatic carbocycles. The monoisotopic (exact) mass is 507 g/mol. The molecule has 0 amide bonds. The molecule has 36 heavy (non-hydrogen) atoms. The Morgan fingerprint density at radius 2 is 1.44 bits per heavy atom. The fourth-order valence-electron chi connectivity index (χ4n) is 3.29. The van der Waals surface area contributed by atoms with Crippen molar-refractivity contribution in [3.63, 3.8) is 0 Å². The van der Waals surface area contributed by atoms with Crippen LogP contribution in [0.25, 0.3) is 33.8 Å². The number of benzene rings is 2. The Morgan fingerprint density at radius 1 is 0.750 bits per heavy atom. The van der Waals surface area contributed by atoms with Crippen LogP contribution in [0.3, 0.4) is 0 Å². The van der Waals surface area contributed by atoms with Crippen LogP contribution >= 0.6 is 0 Å². The van der Waals surface area contributed by atoms with Gasteiger partial charge in [0, 0.05) is 22.9 Å². The number of pyridine rings is 1. The van der Waals surface area contributed by atoms with E-state index in [1.807, 2.05) is 0 Å². The number of aromatic carboxylic acids is 1. The van der Waals surface area contributed by atoms with Crippen molar-refractivity contribution in [3.05, 3.63) is 89.6 Å². The molecule has 0 aliphatic carbocycles. The number of carboxylic acid groups (broad SMARTS) is 1. The summed E-state index contributed by atoms with van der Waals surface area (Å²) < 4.78 is 93.5. The SMILES string of the molecule is O=C(O)c1ccc(F)c(-c2cccc(-c3nc(-c4ccc(C(F)(F)F)nc4)cc(C(F)(F)F)n3)c2)c1. The van der Waals surface area contributed by atoms with Gasteiger partial charge in [0.25, 0.3) is 0 Å². The summed E-state index contributed by atoms with van der Waals surface area (Å²) in [6.45, 7) is 0. The van der Waals surface area contributed by atoms with Gasteiger partial charge in [-0.05, 0) is 48.0 Å². The molecular weight excluding hydrogens is 495 g/mol. The van der Waals surface area contributed by atoms with Gasteiger partial charge < -0.3 is 5.11 Å². The van der Waals surface area contributed by atoms with Crippen molar-refractivity contribution in [2.75, 3.05) is 0 Å². The van der Waals surface area contributed by atoms with Gasteiger partial charge in [-0.2, -0.15) is 26.3 Å². The number of carbonyl (C=O) groups is 1. The Morgan fingerprint density at radius 3 is 2.06 bits per heavy atom. The molecule has 0 spiro atoms. The number of aromatic nitrogens is 3. The molecule has 4 aromatic rings. The third-order valence-corrected chi connectivity index (χ3v) is 5.01. The molecule has 2 aromatic heterocycles. The standard InChI is InChI=1S/C24H12F7N3O2/c25-17-6-4-14(22(35)36)9-16(17)12-2-1-3-13(8-12)21-33-18(10-20(34-21)24(29,30)31)15-5-7-19(32-11-15)23(26,27)28/h1-11H,(H,35,36). The first-order valence-electron chi connectivity index (χ1n) is 9.96. The average molecular weight is 507 g/mol. The second-order valence-electron chi connectivity index (χ2n) is 7.47. The van der Waals surface area contributed by atoms with Crippen LogP contribution in [0.4, 0.5) is 30.7 Å². The summed E-state index contributed by atoms with van der Waals surface area (Å²) in [5.74, 6) is -2.50. The Hall–Kier alpha value is -4.35. The van der Waals surface area contributed by atoms with E-state index < -0.39 is 41.4 Å². The number of alkyl halides is 6. The third kappa shape index (κ3) is 5.16. The molecule has 0 saturated carbocycles. The summed E-state index contributed by atoms with van der Waals surface area (Å²) in [4.78, 5) is 22.1. The second-order valence-corrected chi connectivity index (χ2v) is 7.47. The van der Waals surface area contributed by atoms with E-state index in [2.05, 4.69) is 15.0 Å². The van der Waals surface area contributed by atoms with E-state index in [1.54, 1.807) is 0 Å². The maximum absolute atomic E-state index is 14.4. The van der Waals surface area contributed by atoms with Gasteiger partial charge in [-0.1, -0.05) is 18.2 Å². The molecule has 0 bridgehead atoms. The lowest BCUT2D eigenvalue weighted by atomic mass is 10.00. The van der Waals surface area contributed by atoms with Gasteiger partial charge in [0.1, 0.15) is 17.2 Å². The maximum Gasteiger partial charge on any atom is 0.433 e. The zero-order valence-electron chi connectivity index (χ0n) is 17.7. The number of halogens is 7. The lowest BCUT2D eigenvalue weighted by molar-refractivity contribution is -0.141. The molecule has 0 unspecified atom stereocenters. The highest BCUT2D eigenvalue weighted by Gasteiger charge is 2.35. The molecule has 0 saturated heterocycles. The molecule has 0 atom stereocenters. The predicted molar refractivity (Wildman–Crippen MR) is 113 cm³/mol. The number of nitrogens with zero attached hydrogens (tertiary/aromatic N) is 3. The molecule has 0 aliphatic heterocycles. The van der Waals surface area contributed by atoms with Crippen molar-refractivity contribution in [1.82, 2.24) is 15.0 Å². The number of carboxylic acids is 1. The molecule has 0 fully saturated rings. The molecular formula is C24H12F7N3O2. The van der Waals surface area contributed by atoms with Gasteiger partial charge in [-0.15, -0.1) is 0 Å². The van der Waals surface area contributed by atoms with Crippen molar-refractivity contribution in [2.24, 2.45) is 0 Å². The third-order valence-electron chi connectivity index (χ3n) is 5.01. The Balaban J connectivity index is 1.84. The highest BCUT2D eigenvalue weighted by molar-refractivity contribution is 5.89. The predicted octanol–water partition coefficient (Wildman–Crippen LogP) is 6.75. The zero-order valence-corrected chi connectivity index (χ0v) is 17.7. The number of rotatable bonds is 4. The van der Waals surface area contributed by atoms with Gasteiger partial charge in [0.05, 0.1) is 11.3 Å².